The highest BCUT2D eigenvalue weighted by Crippen LogP contribution is 2.62. The monoisotopic (exact) mass is 482 g/mol. The molecule has 3 aliphatic carbocycles. The first-order valence-electron chi connectivity index (χ1n) is 12.5. The Balaban J connectivity index is 1.30. The molecule has 5 rings (SSSR count). The molecule has 2 saturated carbocycles. The molecule has 34 heavy (non-hydrogen) atoms. The Hall–Kier alpha value is -2.41. The van der Waals surface area contributed by atoms with Crippen LogP contribution in [0.5, 0.6) is 11.5 Å². The van der Waals surface area contributed by atoms with Crippen molar-refractivity contribution in [3.63, 3.8) is 0 Å². The highest BCUT2D eigenvalue weighted by atomic mass is 32.1. The van der Waals surface area contributed by atoms with Crippen molar-refractivity contribution in [2.45, 2.75) is 71.1 Å². The minimum Gasteiger partial charge on any atom is -0.504 e. The molecule has 6 nitrogen and oxygen atoms in total. The molecular weight excluding hydrogens is 448 g/mol. The van der Waals surface area contributed by atoms with Gasteiger partial charge in [0.2, 0.25) is 5.91 Å². The molecule has 7 heteroatoms. The number of phenolic OH excluding ortho intramolecular Hbond substituents is 1. The van der Waals surface area contributed by atoms with Crippen LogP contribution in [0, 0.1) is 30.1 Å². The van der Waals surface area contributed by atoms with Crippen molar-refractivity contribution in [3.8, 4) is 11.5 Å². The second kappa shape index (κ2) is 8.99. The summed E-state index contributed by atoms with van der Waals surface area (Å²) < 4.78 is 5.41. The summed E-state index contributed by atoms with van der Waals surface area (Å²) in [7, 11) is 1.59. The van der Waals surface area contributed by atoms with Gasteiger partial charge in [0.1, 0.15) is 5.78 Å². The molecular formula is C27H34N2O4S. The Labute approximate surface area is 205 Å². The number of methoxy groups -OCH3 is 1. The summed E-state index contributed by atoms with van der Waals surface area (Å²) in [5.74, 6) is 2.72. The number of amides is 1. The molecule has 2 fully saturated rings. The van der Waals surface area contributed by atoms with Crippen LogP contribution in [0.15, 0.2) is 18.3 Å². The SMILES string of the molecule is COc1cc2c(cc1O)CC[C@H]1[C@@H]3[C@H](CCCC(=O)Nc4ncc(C)s4)CC(=O)[C@@]3(C)CC[C@H]21. The average molecular weight is 483 g/mol. The highest BCUT2D eigenvalue weighted by Gasteiger charge is 2.58. The van der Waals surface area contributed by atoms with Gasteiger partial charge in [-0.25, -0.2) is 4.98 Å². The fraction of sp³-hybridized carbons (Fsp3) is 0.593. The van der Waals surface area contributed by atoms with Gasteiger partial charge in [0.05, 0.1) is 7.11 Å². The second-order valence-electron chi connectivity index (χ2n) is 10.6. The molecule has 1 aromatic heterocycles. The van der Waals surface area contributed by atoms with Crippen molar-refractivity contribution in [1.82, 2.24) is 4.98 Å². The van der Waals surface area contributed by atoms with E-state index in [0.29, 0.717) is 53.2 Å². The number of carbonyl (C=O) groups is 2. The molecule has 1 heterocycles. The van der Waals surface area contributed by atoms with Gasteiger partial charge in [0.15, 0.2) is 16.6 Å². The maximum absolute atomic E-state index is 13.2. The Bertz CT molecular complexity index is 1110. The Morgan fingerprint density at radius 3 is 2.91 bits per heavy atom. The number of fused-ring (bicyclic) bond motifs is 5. The zero-order valence-corrected chi connectivity index (χ0v) is 21.0. The number of hydrogen-bond donors (Lipinski definition) is 2. The maximum atomic E-state index is 13.2. The standard InChI is InChI=1S/C27H34N2O4S/c1-15-14-28-26(34-15)29-24(32)6-4-5-17-12-23(31)27(2)10-9-18-19(25(17)27)8-7-16-11-21(30)22(33-3)13-20(16)18/h11,13-14,17-19,25,30H,4-10,12H2,1-3H3,(H,28,29,32)/t17-,18+,19-,25+,27-/m1/s1. The van der Waals surface area contributed by atoms with Crippen LogP contribution < -0.4 is 10.1 Å². The van der Waals surface area contributed by atoms with Crippen LogP contribution >= 0.6 is 11.3 Å². The maximum Gasteiger partial charge on any atom is 0.226 e. The highest BCUT2D eigenvalue weighted by molar-refractivity contribution is 7.15. The summed E-state index contributed by atoms with van der Waals surface area (Å²) in [4.78, 5) is 30.9. The Morgan fingerprint density at radius 1 is 1.35 bits per heavy atom. The third-order valence-electron chi connectivity index (χ3n) is 8.71. The number of rotatable bonds is 6. The van der Waals surface area contributed by atoms with Gasteiger partial charge in [-0.1, -0.05) is 6.92 Å². The number of nitrogens with zero attached hydrogens (tertiary/aromatic N) is 1. The lowest BCUT2D eigenvalue weighted by atomic mass is 9.54. The minimum atomic E-state index is -0.245. The summed E-state index contributed by atoms with van der Waals surface area (Å²) >= 11 is 1.49. The lowest BCUT2D eigenvalue weighted by Gasteiger charge is -2.50. The zero-order chi connectivity index (χ0) is 24.0. The number of thiazole rings is 1. The van der Waals surface area contributed by atoms with Crippen LogP contribution in [0.3, 0.4) is 0 Å². The van der Waals surface area contributed by atoms with E-state index >= 15 is 0 Å². The Kier molecular flexibility index (Phi) is 6.17. The number of nitrogens with one attached hydrogen (secondary N) is 1. The van der Waals surface area contributed by atoms with Crippen LogP contribution in [0.1, 0.15) is 73.8 Å². The Morgan fingerprint density at radius 2 is 2.18 bits per heavy atom. The van der Waals surface area contributed by atoms with Crippen molar-refractivity contribution < 1.29 is 19.4 Å². The first kappa shape index (κ1) is 23.3. The van der Waals surface area contributed by atoms with E-state index in [0.717, 1.165) is 43.4 Å². The van der Waals surface area contributed by atoms with E-state index in [1.807, 2.05) is 19.1 Å². The quantitative estimate of drug-likeness (QED) is 0.557. The number of Topliss-reactive ketones (excluding diaryl/α,β-unsaturated/α-hetero) is 1. The van der Waals surface area contributed by atoms with Crippen molar-refractivity contribution in [2.24, 2.45) is 23.2 Å². The van der Waals surface area contributed by atoms with Crippen molar-refractivity contribution in [2.75, 3.05) is 12.4 Å². The third kappa shape index (κ3) is 4.02. The van der Waals surface area contributed by atoms with E-state index in [4.69, 9.17) is 4.74 Å². The smallest absolute Gasteiger partial charge is 0.226 e. The summed E-state index contributed by atoms with van der Waals surface area (Å²) in [6.07, 6.45) is 8.47. The third-order valence-corrected chi connectivity index (χ3v) is 9.54. The van der Waals surface area contributed by atoms with Crippen molar-refractivity contribution in [3.05, 3.63) is 34.3 Å². The number of ether oxygens (including phenoxy) is 1. The predicted octanol–water partition coefficient (Wildman–Crippen LogP) is 5.63. The van der Waals surface area contributed by atoms with E-state index in [1.54, 1.807) is 13.3 Å². The summed E-state index contributed by atoms with van der Waals surface area (Å²) in [5, 5.41) is 13.8. The van der Waals surface area contributed by atoms with Crippen LogP contribution in [0.25, 0.3) is 0 Å². The molecule has 0 spiro atoms. The summed E-state index contributed by atoms with van der Waals surface area (Å²) in [5.41, 5.74) is 2.27. The number of aromatic hydroxyl groups is 1. The number of carbonyl (C=O) groups excluding carboxylic acids is 2. The molecule has 2 N–H and O–H groups in total. The first-order valence-corrected chi connectivity index (χ1v) is 13.3. The first-order chi connectivity index (χ1) is 16.3. The van der Waals surface area contributed by atoms with Crippen LogP contribution in [0.4, 0.5) is 5.13 Å². The number of hydrogen-bond acceptors (Lipinski definition) is 6. The summed E-state index contributed by atoms with van der Waals surface area (Å²) in [6, 6.07) is 3.90. The normalized spacial score (nSPS) is 29.8. The molecule has 3 aliphatic rings. The van der Waals surface area contributed by atoms with Gasteiger partial charge in [-0.3, -0.25) is 9.59 Å². The number of anilines is 1. The molecule has 182 valence electrons. The van der Waals surface area contributed by atoms with E-state index in [1.165, 1.54) is 22.5 Å². The van der Waals surface area contributed by atoms with E-state index in [9.17, 15) is 14.7 Å². The van der Waals surface area contributed by atoms with Crippen LogP contribution in [0.2, 0.25) is 0 Å². The fourth-order valence-corrected chi connectivity index (χ4v) is 7.88. The molecule has 0 aliphatic heterocycles. The predicted molar refractivity (Wildman–Crippen MR) is 132 cm³/mol. The number of aromatic nitrogens is 1. The molecule has 1 amide bonds. The molecule has 1 aromatic carbocycles. The lowest BCUT2D eigenvalue weighted by molar-refractivity contribution is -0.129. The van der Waals surface area contributed by atoms with Gasteiger partial charge < -0.3 is 15.2 Å². The molecule has 0 unspecified atom stereocenters. The number of ketones is 1. The molecule has 0 saturated heterocycles. The minimum absolute atomic E-state index is 0.00134. The van der Waals surface area contributed by atoms with Gasteiger partial charge >= 0.3 is 0 Å². The van der Waals surface area contributed by atoms with E-state index in [2.05, 4.69) is 17.2 Å². The molecule has 0 bridgehead atoms. The van der Waals surface area contributed by atoms with Gasteiger partial charge in [-0.2, -0.15) is 0 Å². The van der Waals surface area contributed by atoms with Crippen LogP contribution in [-0.4, -0.2) is 28.9 Å². The molecule has 2 aromatic rings. The van der Waals surface area contributed by atoms with E-state index < -0.39 is 0 Å². The van der Waals surface area contributed by atoms with Gasteiger partial charge in [0, 0.05) is 29.3 Å². The fourth-order valence-electron chi connectivity index (χ4n) is 7.19. The number of benzene rings is 1. The second-order valence-corrected chi connectivity index (χ2v) is 11.9. The van der Waals surface area contributed by atoms with Gasteiger partial charge in [-0.05, 0) is 92.4 Å². The number of aryl methyl sites for hydroxylation is 2. The van der Waals surface area contributed by atoms with Gasteiger partial charge in [-0.15, -0.1) is 11.3 Å². The van der Waals surface area contributed by atoms with Gasteiger partial charge in [0.25, 0.3) is 0 Å². The van der Waals surface area contributed by atoms with Crippen molar-refractivity contribution in [1.29, 1.82) is 0 Å². The topological polar surface area (TPSA) is 88.5 Å². The van der Waals surface area contributed by atoms with Crippen molar-refractivity contribution >= 4 is 28.2 Å². The molecule has 5 atom stereocenters. The lowest BCUT2D eigenvalue weighted by Crippen LogP contribution is -2.44. The average Bonchev–Trinajstić information content (AvgIpc) is 3.32. The number of phenols is 1. The van der Waals surface area contributed by atoms with E-state index in [-0.39, 0.29) is 17.1 Å². The largest absolute Gasteiger partial charge is 0.504 e. The van der Waals surface area contributed by atoms with Crippen LogP contribution in [-0.2, 0) is 16.0 Å². The summed E-state index contributed by atoms with van der Waals surface area (Å²) in [6.45, 7) is 4.17. The molecule has 0 radical (unpaired) electrons. The zero-order valence-electron chi connectivity index (χ0n) is 20.2.